The molecule has 124 valence electrons. The Morgan fingerprint density at radius 1 is 1.26 bits per heavy atom. The number of anilines is 1. The van der Waals surface area contributed by atoms with Gasteiger partial charge in [-0.15, -0.1) is 11.3 Å². The van der Waals surface area contributed by atoms with E-state index in [1.54, 1.807) is 0 Å². The molecule has 1 aliphatic carbocycles. The second-order valence-electron chi connectivity index (χ2n) is 6.07. The summed E-state index contributed by atoms with van der Waals surface area (Å²) in [5, 5.41) is 1.01. The van der Waals surface area contributed by atoms with E-state index in [1.165, 1.54) is 41.0 Å². The Labute approximate surface area is 141 Å². The van der Waals surface area contributed by atoms with Crippen molar-refractivity contribution in [3.8, 4) is 0 Å². The highest BCUT2D eigenvalue weighted by Gasteiger charge is 2.25. The second kappa shape index (κ2) is 6.87. The van der Waals surface area contributed by atoms with Crippen LogP contribution in [0.5, 0.6) is 0 Å². The first-order valence-electron chi connectivity index (χ1n) is 8.57. The Hall–Kier alpha value is -1.62. The maximum atomic E-state index is 12.1. The fraction of sp³-hybridized carbons (Fsp3) is 0.556. The summed E-state index contributed by atoms with van der Waals surface area (Å²) in [7, 11) is 0. The van der Waals surface area contributed by atoms with E-state index in [0.29, 0.717) is 17.2 Å². The number of ether oxygens (including phenoxy) is 1. The normalized spacial score (nSPS) is 14.0. The number of pyridine rings is 1. The maximum Gasteiger partial charge on any atom is 0.350 e. The van der Waals surface area contributed by atoms with Gasteiger partial charge in [0, 0.05) is 11.1 Å². The lowest BCUT2D eigenvalue weighted by molar-refractivity contribution is 0.0533. The van der Waals surface area contributed by atoms with Gasteiger partial charge >= 0.3 is 5.97 Å². The molecule has 0 unspecified atom stereocenters. The van der Waals surface area contributed by atoms with Crippen molar-refractivity contribution in [3.05, 3.63) is 21.7 Å². The quantitative estimate of drug-likeness (QED) is 0.830. The number of esters is 1. The number of carbonyl (C=O) groups excluding carboxylic acids is 1. The zero-order chi connectivity index (χ0) is 16.4. The zero-order valence-corrected chi connectivity index (χ0v) is 14.7. The molecule has 2 heterocycles. The fourth-order valence-corrected chi connectivity index (χ4v) is 4.43. The van der Waals surface area contributed by atoms with Gasteiger partial charge in [-0.05, 0) is 56.6 Å². The van der Waals surface area contributed by atoms with Crippen molar-refractivity contribution >= 4 is 33.2 Å². The number of carbonyl (C=O) groups is 1. The lowest BCUT2D eigenvalue weighted by Crippen LogP contribution is -2.10. The van der Waals surface area contributed by atoms with Crippen molar-refractivity contribution in [1.82, 2.24) is 4.98 Å². The van der Waals surface area contributed by atoms with Crippen molar-refractivity contribution < 1.29 is 9.53 Å². The summed E-state index contributed by atoms with van der Waals surface area (Å²) in [6.45, 7) is 4.37. The van der Waals surface area contributed by atoms with E-state index >= 15 is 0 Å². The summed E-state index contributed by atoms with van der Waals surface area (Å²) in [4.78, 5) is 18.4. The van der Waals surface area contributed by atoms with Crippen LogP contribution in [0.3, 0.4) is 0 Å². The monoisotopic (exact) mass is 332 g/mol. The number of hydrogen-bond acceptors (Lipinski definition) is 5. The SMILES string of the molecule is CCCCc1nc2sc(C(=O)OCC)c(N)c2c2c1CCCC2. The molecule has 2 aromatic heterocycles. The van der Waals surface area contributed by atoms with E-state index in [-0.39, 0.29) is 5.97 Å². The van der Waals surface area contributed by atoms with Gasteiger partial charge in [0.2, 0.25) is 0 Å². The second-order valence-corrected chi connectivity index (χ2v) is 7.07. The van der Waals surface area contributed by atoms with Crippen LogP contribution in [0.15, 0.2) is 0 Å². The predicted molar refractivity (Wildman–Crippen MR) is 95.2 cm³/mol. The average Bonchev–Trinajstić information content (AvgIpc) is 2.90. The minimum atomic E-state index is -0.326. The van der Waals surface area contributed by atoms with Gasteiger partial charge < -0.3 is 10.5 Å². The molecule has 5 heteroatoms. The van der Waals surface area contributed by atoms with E-state index < -0.39 is 0 Å². The van der Waals surface area contributed by atoms with Gasteiger partial charge in [-0.3, -0.25) is 0 Å². The van der Waals surface area contributed by atoms with Gasteiger partial charge in [0.25, 0.3) is 0 Å². The number of nitrogens with two attached hydrogens (primary N) is 1. The average molecular weight is 332 g/mol. The van der Waals surface area contributed by atoms with Crippen LogP contribution in [0.4, 0.5) is 5.69 Å². The molecule has 0 fully saturated rings. The van der Waals surface area contributed by atoms with Crippen molar-refractivity contribution in [2.45, 2.75) is 58.8 Å². The number of nitrogen functional groups attached to an aromatic ring is 1. The molecule has 0 aromatic carbocycles. The Balaban J connectivity index is 2.16. The number of fused-ring (bicyclic) bond motifs is 3. The van der Waals surface area contributed by atoms with Gasteiger partial charge in [0.05, 0.1) is 12.3 Å². The van der Waals surface area contributed by atoms with E-state index in [0.717, 1.165) is 42.3 Å². The van der Waals surface area contributed by atoms with Crippen LogP contribution in [0, 0.1) is 0 Å². The summed E-state index contributed by atoms with van der Waals surface area (Å²) >= 11 is 1.38. The largest absolute Gasteiger partial charge is 0.462 e. The molecule has 23 heavy (non-hydrogen) atoms. The highest BCUT2D eigenvalue weighted by Crippen LogP contribution is 2.40. The van der Waals surface area contributed by atoms with Crippen LogP contribution in [0.2, 0.25) is 0 Å². The Morgan fingerprint density at radius 2 is 2.00 bits per heavy atom. The molecule has 1 aliphatic rings. The molecule has 0 spiro atoms. The molecule has 0 amide bonds. The van der Waals surface area contributed by atoms with Crippen LogP contribution in [0.25, 0.3) is 10.2 Å². The number of hydrogen-bond donors (Lipinski definition) is 1. The van der Waals surface area contributed by atoms with Crippen LogP contribution in [-0.2, 0) is 24.0 Å². The smallest absolute Gasteiger partial charge is 0.350 e. The molecule has 0 atom stereocenters. The topological polar surface area (TPSA) is 65.2 Å². The minimum Gasteiger partial charge on any atom is -0.462 e. The first-order chi connectivity index (χ1) is 11.2. The number of unbranched alkanes of at least 4 members (excludes halogenated alkanes) is 1. The molecule has 3 rings (SSSR count). The molecule has 2 aromatic rings. The summed E-state index contributed by atoms with van der Waals surface area (Å²) in [5.41, 5.74) is 10.8. The summed E-state index contributed by atoms with van der Waals surface area (Å²) in [5.74, 6) is -0.326. The number of thiophene rings is 1. The molecule has 0 radical (unpaired) electrons. The molecule has 0 saturated heterocycles. The number of nitrogens with zero attached hydrogens (tertiary/aromatic N) is 1. The molecule has 0 aliphatic heterocycles. The Kier molecular flexibility index (Phi) is 4.85. The molecule has 4 nitrogen and oxygen atoms in total. The molecule has 2 N–H and O–H groups in total. The molecular formula is C18H24N2O2S. The first kappa shape index (κ1) is 16.2. The third-order valence-electron chi connectivity index (χ3n) is 4.51. The third-order valence-corrected chi connectivity index (χ3v) is 5.59. The summed E-state index contributed by atoms with van der Waals surface area (Å²) < 4.78 is 5.14. The van der Waals surface area contributed by atoms with Gasteiger partial charge in [-0.25, -0.2) is 9.78 Å². The van der Waals surface area contributed by atoms with Crippen molar-refractivity contribution in [1.29, 1.82) is 0 Å². The maximum absolute atomic E-state index is 12.1. The minimum absolute atomic E-state index is 0.326. The highest BCUT2D eigenvalue weighted by molar-refractivity contribution is 7.21. The lowest BCUT2D eigenvalue weighted by Gasteiger charge is -2.20. The van der Waals surface area contributed by atoms with Gasteiger partial charge in [-0.2, -0.15) is 0 Å². The number of aromatic nitrogens is 1. The Bertz CT molecular complexity index is 736. The van der Waals surface area contributed by atoms with E-state index in [2.05, 4.69) is 6.92 Å². The van der Waals surface area contributed by atoms with Crippen LogP contribution < -0.4 is 5.73 Å². The van der Waals surface area contributed by atoms with E-state index in [1.807, 2.05) is 6.92 Å². The van der Waals surface area contributed by atoms with Gasteiger partial charge in [0.15, 0.2) is 0 Å². The molecule has 0 saturated carbocycles. The van der Waals surface area contributed by atoms with Crippen LogP contribution >= 0.6 is 11.3 Å². The third kappa shape index (κ3) is 2.94. The van der Waals surface area contributed by atoms with Crippen LogP contribution in [0.1, 0.15) is 66.0 Å². The van der Waals surface area contributed by atoms with Crippen molar-refractivity contribution in [2.24, 2.45) is 0 Å². The fourth-order valence-electron chi connectivity index (χ4n) is 3.39. The van der Waals surface area contributed by atoms with Gasteiger partial charge in [0.1, 0.15) is 9.71 Å². The zero-order valence-electron chi connectivity index (χ0n) is 13.9. The predicted octanol–water partition coefficient (Wildman–Crippen LogP) is 4.28. The van der Waals surface area contributed by atoms with Crippen molar-refractivity contribution in [3.63, 3.8) is 0 Å². The van der Waals surface area contributed by atoms with E-state index in [9.17, 15) is 4.79 Å². The molecule has 0 bridgehead atoms. The number of rotatable bonds is 5. The van der Waals surface area contributed by atoms with Gasteiger partial charge in [-0.1, -0.05) is 13.3 Å². The standard InChI is InChI=1S/C18H24N2O2S/c1-3-5-10-13-11-8-6-7-9-12(11)14-15(19)16(18(21)22-4-2)23-17(14)20-13/h3-10,19H2,1-2H3. The van der Waals surface area contributed by atoms with Crippen molar-refractivity contribution in [2.75, 3.05) is 12.3 Å². The summed E-state index contributed by atoms with van der Waals surface area (Å²) in [6, 6.07) is 0. The highest BCUT2D eigenvalue weighted by atomic mass is 32.1. The van der Waals surface area contributed by atoms with E-state index in [4.69, 9.17) is 15.5 Å². The Morgan fingerprint density at radius 3 is 2.70 bits per heavy atom. The lowest BCUT2D eigenvalue weighted by atomic mass is 9.87. The molecular weight excluding hydrogens is 308 g/mol. The summed E-state index contributed by atoms with van der Waals surface area (Å²) in [6.07, 6.45) is 7.85. The first-order valence-corrected chi connectivity index (χ1v) is 9.38. The number of aryl methyl sites for hydroxylation is 2. The van der Waals surface area contributed by atoms with Crippen LogP contribution in [-0.4, -0.2) is 17.6 Å².